The van der Waals surface area contributed by atoms with Crippen molar-refractivity contribution < 1.29 is 20.2 Å². The minimum atomic E-state index is -0.838. The summed E-state index contributed by atoms with van der Waals surface area (Å²) in [7, 11) is 1.43. The van der Waals surface area contributed by atoms with E-state index in [1.807, 2.05) is 5.48 Å². The van der Waals surface area contributed by atoms with Gasteiger partial charge in [0.2, 0.25) is 0 Å². The Morgan fingerprint density at radius 1 is 1.50 bits per heavy atom. The number of hydroxylamine groups is 1. The van der Waals surface area contributed by atoms with Gasteiger partial charge in [0.1, 0.15) is 0 Å². The minimum absolute atomic E-state index is 0.0143. The average Bonchev–Trinajstić information content (AvgIpc) is 2.19. The monoisotopic (exact) mass is 199 g/mol. The smallest absolute Gasteiger partial charge is 0.160 e. The topological polar surface area (TPSA) is 82.0 Å². The first-order chi connectivity index (χ1) is 6.69. The van der Waals surface area contributed by atoms with Gasteiger partial charge in [-0.05, 0) is 17.7 Å². The third-order valence-electron chi connectivity index (χ3n) is 1.87. The van der Waals surface area contributed by atoms with Gasteiger partial charge < -0.3 is 20.2 Å². The molecule has 5 heteroatoms. The molecule has 78 valence electrons. The Morgan fingerprint density at radius 3 is 2.79 bits per heavy atom. The van der Waals surface area contributed by atoms with Gasteiger partial charge in [0, 0.05) is 0 Å². The third-order valence-corrected chi connectivity index (χ3v) is 1.87. The van der Waals surface area contributed by atoms with E-state index in [1.54, 1.807) is 6.07 Å². The van der Waals surface area contributed by atoms with Crippen LogP contribution in [0.25, 0.3) is 0 Å². The number of phenolic OH excluding ortho intramolecular Hbond substituents is 1. The van der Waals surface area contributed by atoms with Gasteiger partial charge in [-0.25, -0.2) is 5.48 Å². The summed E-state index contributed by atoms with van der Waals surface area (Å²) in [5.74, 6) is 0.305. The summed E-state index contributed by atoms with van der Waals surface area (Å²) in [6.07, 6.45) is -0.838. The van der Waals surface area contributed by atoms with Crippen molar-refractivity contribution in [1.82, 2.24) is 5.48 Å². The maximum atomic E-state index is 9.47. The van der Waals surface area contributed by atoms with Crippen LogP contribution in [0, 0.1) is 0 Å². The van der Waals surface area contributed by atoms with Gasteiger partial charge >= 0.3 is 0 Å². The van der Waals surface area contributed by atoms with Crippen molar-refractivity contribution in [1.29, 1.82) is 0 Å². The van der Waals surface area contributed by atoms with Crippen molar-refractivity contribution >= 4 is 0 Å². The second-order valence-corrected chi connectivity index (χ2v) is 2.81. The van der Waals surface area contributed by atoms with Crippen LogP contribution in [-0.4, -0.2) is 29.1 Å². The Hall–Kier alpha value is -1.30. The molecule has 1 atom stereocenters. The van der Waals surface area contributed by atoms with E-state index in [1.165, 1.54) is 19.2 Å². The van der Waals surface area contributed by atoms with E-state index in [-0.39, 0.29) is 12.3 Å². The number of phenols is 1. The van der Waals surface area contributed by atoms with Crippen molar-refractivity contribution in [3.63, 3.8) is 0 Å². The highest BCUT2D eigenvalue weighted by molar-refractivity contribution is 5.42. The van der Waals surface area contributed by atoms with E-state index in [0.717, 1.165) is 0 Å². The normalized spacial score (nSPS) is 12.5. The van der Waals surface area contributed by atoms with Crippen LogP contribution >= 0.6 is 0 Å². The van der Waals surface area contributed by atoms with E-state index in [9.17, 15) is 10.2 Å². The lowest BCUT2D eigenvalue weighted by molar-refractivity contribution is 0.0920. The van der Waals surface area contributed by atoms with E-state index in [2.05, 4.69) is 0 Å². The summed E-state index contributed by atoms with van der Waals surface area (Å²) >= 11 is 0. The highest BCUT2D eigenvalue weighted by Crippen LogP contribution is 2.28. The Labute approximate surface area is 81.5 Å². The molecule has 0 saturated carbocycles. The summed E-state index contributed by atoms with van der Waals surface area (Å²) in [6, 6.07) is 4.49. The van der Waals surface area contributed by atoms with E-state index in [0.29, 0.717) is 11.3 Å². The molecule has 0 saturated heterocycles. The molecule has 0 aromatic heterocycles. The summed E-state index contributed by atoms with van der Waals surface area (Å²) in [6.45, 7) is 0.0218. The summed E-state index contributed by atoms with van der Waals surface area (Å²) in [5, 5.41) is 27.1. The van der Waals surface area contributed by atoms with Gasteiger partial charge in [-0.1, -0.05) is 6.07 Å². The molecule has 0 heterocycles. The molecule has 14 heavy (non-hydrogen) atoms. The summed E-state index contributed by atoms with van der Waals surface area (Å²) in [4.78, 5) is 0. The van der Waals surface area contributed by atoms with Gasteiger partial charge in [-0.2, -0.15) is 0 Å². The molecule has 1 unspecified atom stereocenters. The van der Waals surface area contributed by atoms with Gasteiger partial charge in [-0.15, -0.1) is 0 Å². The van der Waals surface area contributed by atoms with Crippen LogP contribution in [0.15, 0.2) is 18.2 Å². The molecule has 0 amide bonds. The van der Waals surface area contributed by atoms with Gasteiger partial charge in [0.25, 0.3) is 0 Å². The number of rotatable bonds is 4. The molecule has 0 fully saturated rings. The van der Waals surface area contributed by atoms with Crippen LogP contribution in [0.5, 0.6) is 11.5 Å². The number of hydrogen-bond donors (Lipinski definition) is 4. The molecule has 0 aliphatic heterocycles. The molecule has 1 aromatic carbocycles. The molecule has 1 aromatic rings. The zero-order chi connectivity index (χ0) is 10.6. The predicted molar refractivity (Wildman–Crippen MR) is 49.4 cm³/mol. The number of benzene rings is 1. The zero-order valence-corrected chi connectivity index (χ0v) is 7.77. The second-order valence-electron chi connectivity index (χ2n) is 2.81. The quantitative estimate of drug-likeness (QED) is 0.528. The fourth-order valence-electron chi connectivity index (χ4n) is 1.11. The molecule has 0 aliphatic carbocycles. The molecule has 4 N–H and O–H groups in total. The molecule has 0 spiro atoms. The van der Waals surface area contributed by atoms with Crippen molar-refractivity contribution in [3.05, 3.63) is 23.8 Å². The number of methoxy groups -OCH3 is 1. The first-order valence-corrected chi connectivity index (χ1v) is 4.11. The van der Waals surface area contributed by atoms with Crippen LogP contribution in [0.4, 0.5) is 0 Å². The van der Waals surface area contributed by atoms with Crippen molar-refractivity contribution in [2.75, 3.05) is 13.7 Å². The number of hydrogen-bond acceptors (Lipinski definition) is 5. The van der Waals surface area contributed by atoms with Crippen LogP contribution in [0.2, 0.25) is 0 Å². The van der Waals surface area contributed by atoms with Crippen LogP contribution in [0.1, 0.15) is 11.7 Å². The first-order valence-electron chi connectivity index (χ1n) is 4.11. The van der Waals surface area contributed by atoms with Crippen LogP contribution in [-0.2, 0) is 0 Å². The van der Waals surface area contributed by atoms with E-state index in [4.69, 9.17) is 9.94 Å². The SMILES string of the molecule is COc1cc(C(O)CNO)ccc1O. The van der Waals surface area contributed by atoms with Crippen molar-refractivity contribution in [2.24, 2.45) is 0 Å². The lowest BCUT2D eigenvalue weighted by atomic mass is 10.1. The fourth-order valence-corrected chi connectivity index (χ4v) is 1.11. The van der Waals surface area contributed by atoms with Crippen LogP contribution in [0.3, 0.4) is 0 Å². The maximum absolute atomic E-state index is 9.47. The standard InChI is InChI=1S/C9H13NO4/c1-14-9-4-6(2-3-7(9)11)8(12)5-10-13/h2-4,8,10-13H,5H2,1H3. The molecular weight excluding hydrogens is 186 g/mol. The fraction of sp³-hybridized carbons (Fsp3) is 0.333. The lowest BCUT2D eigenvalue weighted by Crippen LogP contribution is -2.17. The molecule has 0 aliphatic rings. The third kappa shape index (κ3) is 2.35. The Morgan fingerprint density at radius 2 is 2.21 bits per heavy atom. The number of nitrogens with one attached hydrogen (secondary N) is 1. The van der Waals surface area contributed by atoms with Crippen LogP contribution < -0.4 is 10.2 Å². The number of ether oxygens (including phenoxy) is 1. The molecule has 5 nitrogen and oxygen atoms in total. The van der Waals surface area contributed by atoms with Gasteiger partial charge in [0.05, 0.1) is 19.8 Å². The lowest BCUT2D eigenvalue weighted by Gasteiger charge is -2.11. The highest BCUT2D eigenvalue weighted by Gasteiger charge is 2.09. The number of aromatic hydroxyl groups is 1. The van der Waals surface area contributed by atoms with E-state index >= 15 is 0 Å². The predicted octanol–water partition coefficient (Wildman–Crippen LogP) is 0.413. The minimum Gasteiger partial charge on any atom is -0.504 e. The number of aliphatic hydroxyl groups excluding tert-OH is 1. The summed E-state index contributed by atoms with van der Waals surface area (Å²) < 4.78 is 4.87. The Balaban J connectivity index is 2.88. The van der Waals surface area contributed by atoms with Crippen molar-refractivity contribution in [2.45, 2.75) is 6.10 Å². The zero-order valence-electron chi connectivity index (χ0n) is 7.77. The van der Waals surface area contributed by atoms with Gasteiger partial charge in [0.15, 0.2) is 11.5 Å². The van der Waals surface area contributed by atoms with Gasteiger partial charge in [-0.3, -0.25) is 0 Å². The Bertz CT molecular complexity index is 303. The Kier molecular flexibility index (Phi) is 3.70. The average molecular weight is 199 g/mol. The molecule has 1 rings (SSSR count). The largest absolute Gasteiger partial charge is 0.504 e. The highest BCUT2D eigenvalue weighted by atomic mass is 16.5. The molecular formula is C9H13NO4. The van der Waals surface area contributed by atoms with E-state index < -0.39 is 6.10 Å². The maximum Gasteiger partial charge on any atom is 0.160 e. The number of aliphatic hydroxyl groups is 1. The first kappa shape index (κ1) is 10.8. The second kappa shape index (κ2) is 4.80. The molecule has 0 bridgehead atoms. The summed E-state index contributed by atoms with van der Waals surface area (Å²) in [5.41, 5.74) is 2.42. The molecule has 0 radical (unpaired) electrons. The van der Waals surface area contributed by atoms with Crippen molar-refractivity contribution in [3.8, 4) is 11.5 Å².